The molecular formula is C14H20N4O2. The number of nitrogens with one attached hydrogen (secondary N) is 2. The zero-order valence-corrected chi connectivity index (χ0v) is 12.0. The van der Waals surface area contributed by atoms with E-state index in [-0.39, 0.29) is 11.9 Å². The molecule has 0 saturated carbocycles. The van der Waals surface area contributed by atoms with Crippen LogP contribution in [0, 0.1) is 5.92 Å². The Morgan fingerprint density at radius 2 is 2.00 bits per heavy atom. The van der Waals surface area contributed by atoms with Gasteiger partial charge in [-0.3, -0.25) is 4.79 Å². The van der Waals surface area contributed by atoms with Crippen molar-refractivity contribution in [1.82, 2.24) is 20.7 Å². The fourth-order valence-electron chi connectivity index (χ4n) is 1.81. The van der Waals surface area contributed by atoms with Crippen molar-refractivity contribution in [2.45, 2.75) is 26.8 Å². The third kappa shape index (κ3) is 3.77. The van der Waals surface area contributed by atoms with Gasteiger partial charge in [-0.1, -0.05) is 13.8 Å². The molecule has 1 atom stereocenters. The van der Waals surface area contributed by atoms with E-state index in [1.165, 1.54) is 0 Å². The first-order chi connectivity index (χ1) is 9.56. The minimum absolute atomic E-state index is 0.0331. The fourth-order valence-corrected chi connectivity index (χ4v) is 1.81. The van der Waals surface area contributed by atoms with E-state index in [0.717, 1.165) is 5.52 Å². The van der Waals surface area contributed by atoms with Crippen molar-refractivity contribution in [2.75, 3.05) is 13.2 Å². The molecule has 0 spiro atoms. The molecule has 0 aliphatic heterocycles. The average Bonchev–Trinajstić information content (AvgIpc) is 2.85. The molecule has 6 heteroatoms. The molecule has 2 aromatic rings. The van der Waals surface area contributed by atoms with Gasteiger partial charge in [-0.2, -0.15) is 15.4 Å². The van der Waals surface area contributed by atoms with Crippen molar-refractivity contribution >= 4 is 16.9 Å². The Balaban J connectivity index is 1.90. The number of amides is 1. The molecule has 108 valence electrons. The van der Waals surface area contributed by atoms with Crippen LogP contribution in [-0.2, 0) is 4.74 Å². The highest BCUT2D eigenvalue weighted by Gasteiger charge is 2.11. The monoisotopic (exact) mass is 276 g/mol. The second-order valence-electron chi connectivity index (χ2n) is 5.33. The van der Waals surface area contributed by atoms with Crippen LogP contribution in [0.1, 0.15) is 31.1 Å². The molecular weight excluding hydrogens is 256 g/mol. The molecule has 0 aliphatic carbocycles. The summed E-state index contributed by atoms with van der Waals surface area (Å²) in [6, 6.07) is 5.19. The van der Waals surface area contributed by atoms with Crippen molar-refractivity contribution in [1.29, 1.82) is 0 Å². The van der Waals surface area contributed by atoms with E-state index >= 15 is 0 Å². The van der Waals surface area contributed by atoms with Crippen LogP contribution in [0.4, 0.5) is 0 Å². The Bertz CT molecular complexity index is 579. The Hall–Kier alpha value is -1.95. The standard InChI is InChI=1S/C14H20N4O2/c1-9(2)7-20-8-10(3)15-14(19)11-4-5-12-13(6-11)17-18-16-12/h4-6,9-10H,7-8H2,1-3H3,(H,15,19)(H,16,17,18)/t10-/m0/s1. The van der Waals surface area contributed by atoms with Gasteiger partial charge in [0.2, 0.25) is 0 Å². The summed E-state index contributed by atoms with van der Waals surface area (Å²) in [5, 5.41) is 13.4. The van der Waals surface area contributed by atoms with Crippen LogP contribution < -0.4 is 5.32 Å². The number of ether oxygens (including phenoxy) is 1. The number of rotatable bonds is 6. The Morgan fingerprint density at radius 1 is 1.25 bits per heavy atom. The van der Waals surface area contributed by atoms with E-state index in [0.29, 0.717) is 30.2 Å². The number of benzene rings is 1. The molecule has 0 saturated heterocycles. The van der Waals surface area contributed by atoms with E-state index in [1.807, 2.05) is 6.92 Å². The maximum Gasteiger partial charge on any atom is 0.251 e. The summed E-state index contributed by atoms with van der Waals surface area (Å²) in [5.41, 5.74) is 2.00. The normalized spacial score (nSPS) is 12.8. The first kappa shape index (κ1) is 14.5. The molecule has 2 N–H and O–H groups in total. The summed E-state index contributed by atoms with van der Waals surface area (Å²) in [6.45, 7) is 7.32. The summed E-state index contributed by atoms with van der Waals surface area (Å²) in [6.07, 6.45) is 0. The van der Waals surface area contributed by atoms with Crippen LogP contribution in [0.2, 0.25) is 0 Å². The van der Waals surface area contributed by atoms with E-state index in [1.54, 1.807) is 18.2 Å². The summed E-state index contributed by atoms with van der Waals surface area (Å²) in [4.78, 5) is 12.1. The highest BCUT2D eigenvalue weighted by molar-refractivity contribution is 5.97. The predicted octanol–water partition coefficient (Wildman–Crippen LogP) is 1.75. The highest BCUT2D eigenvalue weighted by atomic mass is 16.5. The molecule has 1 aromatic heterocycles. The van der Waals surface area contributed by atoms with Gasteiger partial charge in [-0.25, -0.2) is 0 Å². The summed E-state index contributed by atoms with van der Waals surface area (Å²) in [5.74, 6) is 0.364. The number of carbonyl (C=O) groups is 1. The topological polar surface area (TPSA) is 79.9 Å². The van der Waals surface area contributed by atoms with Crippen molar-refractivity contribution in [3.8, 4) is 0 Å². The number of hydrogen-bond donors (Lipinski definition) is 2. The number of hydrogen-bond acceptors (Lipinski definition) is 4. The van der Waals surface area contributed by atoms with E-state index in [4.69, 9.17) is 4.74 Å². The number of nitrogens with zero attached hydrogens (tertiary/aromatic N) is 2. The van der Waals surface area contributed by atoms with E-state index in [2.05, 4.69) is 34.6 Å². The van der Waals surface area contributed by atoms with Gasteiger partial charge in [-0.05, 0) is 31.0 Å². The number of fused-ring (bicyclic) bond motifs is 1. The lowest BCUT2D eigenvalue weighted by Crippen LogP contribution is -2.36. The molecule has 1 amide bonds. The third-order valence-corrected chi connectivity index (χ3v) is 2.78. The Labute approximate surface area is 117 Å². The van der Waals surface area contributed by atoms with E-state index in [9.17, 15) is 4.79 Å². The van der Waals surface area contributed by atoms with Crippen LogP contribution in [0.25, 0.3) is 11.0 Å². The first-order valence-electron chi connectivity index (χ1n) is 6.75. The molecule has 2 rings (SSSR count). The van der Waals surface area contributed by atoms with Crippen LogP contribution in [0.15, 0.2) is 18.2 Å². The van der Waals surface area contributed by atoms with Gasteiger partial charge < -0.3 is 10.1 Å². The van der Waals surface area contributed by atoms with Gasteiger partial charge in [0.25, 0.3) is 5.91 Å². The van der Waals surface area contributed by atoms with Crippen LogP contribution in [0.5, 0.6) is 0 Å². The lowest BCUT2D eigenvalue weighted by atomic mass is 10.2. The van der Waals surface area contributed by atoms with Crippen molar-refractivity contribution in [2.24, 2.45) is 5.92 Å². The zero-order chi connectivity index (χ0) is 14.5. The highest BCUT2D eigenvalue weighted by Crippen LogP contribution is 2.10. The molecule has 0 radical (unpaired) electrons. The van der Waals surface area contributed by atoms with Gasteiger partial charge >= 0.3 is 0 Å². The van der Waals surface area contributed by atoms with Crippen LogP contribution in [-0.4, -0.2) is 40.6 Å². The van der Waals surface area contributed by atoms with Gasteiger partial charge in [0.05, 0.1) is 6.61 Å². The molecule has 20 heavy (non-hydrogen) atoms. The molecule has 1 heterocycles. The van der Waals surface area contributed by atoms with E-state index < -0.39 is 0 Å². The minimum atomic E-state index is -0.129. The molecule has 0 fully saturated rings. The third-order valence-electron chi connectivity index (χ3n) is 2.78. The van der Waals surface area contributed by atoms with Crippen LogP contribution in [0.3, 0.4) is 0 Å². The molecule has 6 nitrogen and oxygen atoms in total. The van der Waals surface area contributed by atoms with Gasteiger partial charge in [0.1, 0.15) is 11.0 Å². The van der Waals surface area contributed by atoms with Gasteiger partial charge in [0, 0.05) is 18.2 Å². The number of H-pyrrole nitrogens is 1. The lowest BCUT2D eigenvalue weighted by Gasteiger charge is -2.15. The minimum Gasteiger partial charge on any atom is -0.379 e. The Morgan fingerprint density at radius 3 is 2.75 bits per heavy atom. The van der Waals surface area contributed by atoms with Crippen LogP contribution >= 0.6 is 0 Å². The van der Waals surface area contributed by atoms with Crippen molar-refractivity contribution in [3.05, 3.63) is 23.8 Å². The lowest BCUT2D eigenvalue weighted by molar-refractivity contribution is 0.0792. The number of carbonyl (C=O) groups excluding carboxylic acids is 1. The maximum atomic E-state index is 12.1. The number of aromatic amines is 1. The van der Waals surface area contributed by atoms with Crippen molar-refractivity contribution in [3.63, 3.8) is 0 Å². The number of aromatic nitrogens is 3. The summed E-state index contributed by atoms with van der Waals surface area (Å²) < 4.78 is 5.51. The Kier molecular flexibility index (Phi) is 4.68. The smallest absolute Gasteiger partial charge is 0.251 e. The molecule has 1 aromatic carbocycles. The fraction of sp³-hybridized carbons (Fsp3) is 0.500. The largest absolute Gasteiger partial charge is 0.379 e. The SMILES string of the molecule is CC(C)COC[C@H](C)NC(=O)c1ccc2n[nH]nc2c1. The quantitative estimate of drug-likeness (QED) is 0.842. The maximum absolute atomic E-state index is 12.1. The van der Waals surface area contributed by atoms with Crippen molar-refractivity contribution < 1.29 is 9.53 Å². The van der Waals surface area contributed by atoms with Gasteiger partial charge in [-0.15, -0.1) is 0 Å². The molecule has 0 bridgehead atoms. The summed E-state index contributed by atoms with van der Waals surface area (Å²) >= 11 is 0. The zero-order valence-electron chi connectivity index (χ0n) is 12.0. The predicted molar refractivity (Wildman–Crippen MR) is 76.5 cm³/mol. The first-order valence-corrected chi connectivity index (χ1v) is 6.75. The summed E-state index contributed by atoms with van der Waals surface area (Å²) in [7, 11) is 0. The molecule has 0 unspecified atom stereocenters. The van der Waals surface area contributed by atoms with Gasteiger partial charge in [0.15, 0.2) is 0 Å². The second kappa shape index (κ2) is 6.47. The molecule has 0 aliphatic rings. The average molecular weight is 276 g/mol. The second-order valence-corrected chi connectivity index (χ2v) is 5.33.